The Balaban J connectivity index is 1.93. The second kappa shape index (κ2) is 6.75. The van der Waals surface area contributed by atoms with E-state index in [0.717, 1.165) is 17.8 Å². The summed E-state index contributed by atoms with van der Waals surface area (Å²) in [5.41, 5.74) is 4.05. The zero-order chi connectivity index (χ0) is 14.4. The monoisotopic (exact) mass is 269 g/mol. The number of anilines is 1. The van der Waals surface area contributed by atoms with E-state index in [9.17, 15) is 4.79 Å². The molecule has 3 heteroatoms. The summed E-state index contributed by atoms with van der Waals surface area (Å²) in [4.78, 5) is 11.5. The predicted octanol–water partition coefficient (Wildman–Crippen LogP) is 3.78. The van der Waals surface area contributed by atoms with E-state index < -0.39 is 0 Å². The van der Waals surface area contributed by atoms with Gasteiger partial charge in [0.15, 0.2) is 0 Å². The number of ether oxygens (including phenoxy) is 1. The number of aryl methyl sites for hydroxylation is 1. The van der Waals surface area contributed by atoms with Gasteiger partial charge in [-0.1, -0.05) is 29.8 Å². The Morgan fingerprint density at radius 2 is 1.70 bits per heavy atom. The van der Waals surface area contributed by atoms with Crippen LogP contribution in [0.15, 0.2) is 48.5 Å². The second-order valence-electron chi connectivity index (χ2n) is 4.64. The lowest BCUT2D eigenvalue weighted by Crippen LogP contribution is -2.05. The van der Waals surface area contributed by atoms with Gasteiger partial charge in [-0.25, -0.2) is 4.79 Å². The first-order chi connectivity index (χ1) is 9.69. The van der Waals surface area contributed by atoms with E-state index >= 15 is 0 Å². The number of hydrogen-bond donors (Lipinski definition) is 1. The summed E-state index contributed by atoms with van der Waals surface area (Å²) in [7, 11) is 0. The van der Waals surface area contributed by atoms with Crippen molar-refractivity contribution in [3.63, 3.8) is 0 Å². The van der Waals surface area contributed by atoms with Crippen molar-refractivity contribution in [2.75, 3.05) is 11.9 Å². The van der Waals surface area contributed by atoms with Gasteiger partial charge in [0.25, 0.3) is 0 Å². The maximum atomic E-state index is 11.5. The summed E-state index contributed by atoms with van der Waals surface area (Å²) < 4.78 is 4.95. The minimum Gasteiger partial charge on any atom is -0.462 e. The summed E-state index contributed by atoms with van der Waals surface area (Å²) in [6, 6.07) is 15.7. The van der Waals surface area contributed by atoms with Crippen LogP contribution < -0.4 is 5.32 Å². The Morgan fingerprint density at radius 1 is 1.05 bits per heavy atom. The average molecular weight is 269 g/mol. The predicted molar refractivity (Wildman–Crippen MR) is 80.9 cm³/mol. The molecule has 0 amide bonds. The van der Waals surface area contributed by atoms with Crippen molar-refractivity contribution in [1.29, 1.82) is 0 Å². The van der Waals surface area contributed by atoms with Crippen LogP contribution in [0.25, 0.3) is 0 Å². The third kappa shape index (κ3) is 3.85. The number of benzene rings is 2. The minimum atomic E-state index is -0.273. The summed E-state index contributed by atoms with van der Waals surface area (Å²) in [5.74, 6) is -0.273. The van der Waals surface area contributed by atoms with E-state index in [1.165, 1.54) is 5.56 Å². The van der Waals surface area contributed by atoms with Gasteiger partial charge >= 0.3 is 5.97 Å². The third-order valence-corrected chi connectivity index (χ3v) is 3.01. The lowest BCUT2D eigenvalue weighted by Gasteiger charge is -2.07. The molecule has 0 aromatic heterocycles. The number of nitrogens with one attached hydrogen (secondary N) is 1. The van der Waals surface area contributed by atoms with Crippen molar-refractivity contribution >= 4 is 11.7 Å². The highest BCUT2D eigenvalue weighted by atomic mass is 16.5. The maximum absolute atomic E-state index is 11.5. The van der Waals surface area contributed by atoms with Crippen molar-refractivity contribution in [2.24, 2.45) is 0 Å². The second-order valence-corrected chi connectivity index (χ2v) is 4.64. The van der Waals surface area contributed by atoms with Gasteiger partial charge < -0.3 is 10.1 Å². The van der Waals surface area contributed by atoms with Gasteiger partial charge in [-0.2, -0.15) is 0 Å². The molecule has 0 bridgehead atoms. The Hall–Kier alpha value is -2.29. The summed E-state index contributed by atoms with van der Waals surface area (Å²) >= 11 is 0. The van der Waals surface area contributed by atoms with Gasteiger partial charge in [-0.05, 0) is 43.7 Å². The highest BCUT2D eigenvalue weighted by Gasteiger charge is 2.05. The topological polar surface area (TPSA) is 38.3 Å². The molecule has 0 heterocycles. The lowest BCUT2D eigenvalue weighted by molar-refractivity contribution is 0.0526. The average Bonchev–Trinajstić information content (AvgIpc) is 2.47. The molecule has 0 fully saturated rings. The van der Waals surface area contributed by atoms with Crippen LogP contribution in [0.1, 0.15) is 28.4 Å². The molecule has 0 saturated heterocycles. The quantitative estimate of drug-likeness (QED) is 0.839. The molecule has 2 aromatic rings. The number of esters is 1. The van der Waals surface area contributed by atoms with Crippen molar-refractivity contribution < 1.29 is 9.53 Å². The molecule has 0 atom stereocenters. The highest BCUT2D eigenvalue weighted by molar-refractivity contribution is 5.89. The van der Waals surface area contributed by atoms with Crippen LogP contribution in [0.2, 0.25) is 0 Å². The molecule has 0 saturated carbocycles. The standard InChI is InChI=1S/C17H19NO2/c1-3-20-17(19)15-8-6-14(7-9-15)12-18-16-10-4-13(2)5-11-16/h4-11,18H,3,12H2,1-2H3. The normalized spacial score (nSPS) is 10.1. The maximum Gasteiger partial charge on any atom is 0.338 e. The molecular weight excluding hydrogens is 250 g/mol. The molecule has 0 aliphatic rings. The minimum absolute atomic E-state index is 0.273. The summed E-state index contributed by atoms with van der Waals surface area (Å²) in [6.07, 6.45) is 0. The van der Waals surface area contributed by atoms with Crippen LogP contribution in [0.4, 0.5) is 5.69 Å². The first-order valence-corrected chi connectivity index (χ1v) is 6.75. The fourth-order valence-corrected chi connectivity index (χ4v) is 1.85. The van der Waals surface area contributed by atoms with Crippen LogP contribution in [0, 0.1) is 6.92 Å². The van der Waals surface area contributed by atoms with E-state index in [4.69, 9.17) is 4.74 Å². The largest absolute Gasteiger partial charge is 0.462 e. The molecule has 2 aromatic carbocycles. The zero-order valence-corrected chi connectivity index (χ0v) is 11.8. The van der Waals surface area contributed by atoms with Gasteiger partial charge in [0, 0.05) is 12.2 Å². The van der Waals surface area contributed by atoms with Crippen LogP contribution in [0.5, 0.6) is 0 Å². The van der Waals surface area contributed by atoms with Crippen LogP contribution in [0.3, 0.4) is 0 Å². The van der Waals surface area contributed by atoms with Crippen molar-refractivity contribution in [1.82, 2.24) is 0 Å². The van der Waals surface area contributed by atoms with Gasteiger partial charge in [0.2, 0.25) is 0 Å². The molecule has 2 rings (SSSR count). The molecule has 0 spiro atoms. The first kappa shape index (κ1) is 14.1. The van der Waals surface area contributed by atoms with Gasteiger partial charge in [-0.3, -0.25) is 0 Å². The molecule has 0 aliphatic carbocycles. The number of hydrogen-bond acceptors (Lipinski definition) is 3. The molecule has 20 heavy (non-hydrogen) atoms. The Labute approximate surface area is 119 Å². The van der Waals surface area contributed by atoms with Crippen molar-refractivity contribution in [3.05, 3.63) is 65.2 Å². The van der Waals surface area contributed by atoms with Gasteiger partial charge in [0.1, 0.15) is 0 Å². The number of carbonyl (C=O) groups is 1. The molecule has 0 radical (unpaired) electrons. The van der Waals surface area contributed by atoms with E-state index in [-0.39, 0.29) is 5.97 Å². The van der Waals surface area contributed by atoms with Crippen molar-refractivity contribution in [3.8, 4) is 0 Å². The van der Waals surface area contributed by atoms with Crippen LogP contribution in [-0.4, -0.2) is 12.6 Å². The van der Waals surface area contributed by atoms with E-state index in [2.05, 4.69) is 36.5 Å². The smallest absolute Gasteiger partial charge is 0.338 e. The molecule has 0 unspecified atom stereocenters. The lowest BCUT2D eigenvalue weighted by atomic mass is 10.1. The van der Waals surface area contributed by atoms with E-state index in [1.54, 1.807) is 19.1 Å². The molecule has 0 aliphatic heterocycles. The van der Waals surface area contributed by atoms with E-state index in [0.29, 0.717) is 12.2 Å². The van der Waals surface area contributed by atoms with Crippen LogP contribution >= 0.6 is 0 Å². The molecule has 3 nitrogen and oxygen atoms in total. The third-order valence-electron chi connectivity index (χ3n) is 3.01. The SMILES string of the molecule is CCOC(=O)c1ccc(CNc2ccc(C)cc2)cc1. The zero-order valence-electron chi connectivity index (χ0n) is 11.8. The Kier molecular flexibility index (Phi) is 4.77. The molecule has 104 valence electrons. The molecule has 1 N–H and O–H groups in total. The summed E-state index contributed by atoms with van der Waals surface area (Å²) in [5, 5.41) is 3.35. The van der Waals surface area contributed by atoms with E-state index in [1.807, 2.05) is 12.1 Å². The van der Waals surface area contributed by atoms with Gasteiger partial charge in [0.05, 0.1) is 12.2 Å². The fraction of sp³-hybridized carbons (Fsp3) is 0.235. The van der Waals surface area contributed by atoms with Crippen LogP contribution in [-0.2, 0) is 11.3 Å². The Morgan fingerprint density at radius 3 is 2.30 bits per heavy atom. The molecular formula is C17H19NO2. The summed E-state index contributed by atoms with van der Waals surface area (Å²) in [6.45, 7) is 5.00. The van der Waals surface area contributed by atoms with Crippen molar-refractivity contribution in [2.45, 2.75) is 20.4 Å². The Bertz CT molecular complexity index is 559. The number of rotatable bonds is 5. The highest BCUT2D eigenvalue weighted by Crippen LogP contribution is 2.11. The van der Waals surface area contributed by atoms with Gasteiger partial charge in [-0.15, -0.1) is 0 Å². The first-order valence-electron chi connectivity index (χ1n) is 6.75. The fourth-order valence-electron chi connectivity index (χ4n) is 1.85. The number of carbonyl (C=O) groups excluding carboxylic acids is 1.